The molecule has 2 heterocycles. The first-order valence-electron chi connectivity index (χ1n) is 4.60. The van der Waals surface area contributed by atoms with Crippen LogP contribution in [-0.2, 0) is 11.2 Å². The van der Waals surface area contributed by atoms with Gasteiger partial charge in [-0.15, -0.1) is 0 Å². The maximum Gasteiger partial charge on any atom is 0.312 e. The Morgan fingerprint density at radius 1 is 1.53 bits per heavy atom. The van der Waals surface area contributed by atoms with Crippen LogP contribution in [0.2, 0.25) is 0 Å². The van der Waals surface area contributed by atoms with Crippen LogP contribution in [0, 0.1) is 0 Å². The standard InChI is InChI=1S/C9H8N4O4/c1-16-6-2-5(10-4-11-6)9-12-7(17-13-9)3-8(14)15/h2,4H,3H2,1H3,(H,14,15). The molecule has 0 saturated heterocycles. The summed E-state index contributed by atoms with van der Waals surface area (Å²) >= 11 is 0. The lowest BCUT2D eigenvalue weighted by Crippen LogP contribution is -2.00. The molecule has 1 N–H and O–H groups in total. The molecule has 88 valence electrons. The van der Waals surface area contributed by atoms with Crippen LogP contribution in [0.1, 0.15) is 5.89 Å². The SMILES string of the molecule is COc1cc(-c2noc(CC(=O)O)n2)ncn1. The van der Waals surface area contributed by atoms with E-state index in [1.165, 1.54) is 19.5 Å². The third-order valence-electron chi connectivity index (χ3n) is 1.85. The van der Waals surface area contributed by atoms with Crippen LogP contribution in [0.3, 0.4) is 0 Å². The van der Waals surface area contributed by atoms with Gasteiger partial charge >= 0.3 is 5.97 Å². The molecule has 0 unspecified atom stereocenters. The normalized spacial score (nSPS) is 10.2. The summed E-state index contributed by atoms with van der Waals surface area (Å²) in [4.78, 5) is 22.1. The molecule has 0 spiro atoms. The summed E-state index contributed by atoms with van der Waals surface area (Å²) < 4.78 is 9.68. The molecule has 2 aromatic rings. The summed E-state index contributed by atoms with van der Waals surface area (Å²) in [5.41, 5.74) is 0.400. The van der Waals surface area contributed by atoms with Crippen molar-refractivity contribution in [3.63, 3.8) is 0 Å². The highest BCUT2D eigenvalue weighted by Gasteiger charge is 2.13. The number of carboxylic acids is 1. The minimum atomic E-state index is -1.04. The summed E-state index contributed by atoms with van der Waals surface area (Å²) in [6, 6.07) is 1.52. The molecule has 0 atom stereocenters. The molecular weight excluding hydrogens is 228 g/mol. The van der Waals surface area contributed by atoms with Crippen molar-refractivity contribution in [1.29, 1.82) is 0 Å². The number of rotatable bonds is 4. The second-order valence-electron chi connectivity index (χ2n) is 3.03. The molecule has 17 heavy (non-hydrogen) atoms. The van der Waals surface area contributed by atoms with E-state index in [9.17, 15) is 4.79 Å². The second-order valence-corrected chi connectivity index (χ2v) is 3.03. The van der Waals surface area contributed by atoms with Crippen LogP contribution in [-0.4, -0.2) is 38.3 Å². The highest BCUT2D eigenvalue weighted by molar-refractivity contribution is 5.68. The van der Waals surface area contributed by atoms with E-state index in [0.29, 0.717) is 11.6 Å². The van der Waals surface area contributed by atoms with Gasteiger partial charge in [0.25, 0.3) is 0 Å². The number of hydrogen-bond acceptors (Lipinski definition) is 7. The smallest absolute Gasteiger partial charge is 0.312 e. The van der Waals surface area contributed by atoms with Crippen LogP contribution in [0.25, 0.3) is 11.5 Å². The van der Waals surface area contributed by atoms with Gasteiger partial charge < -0.3 is 14.4 Å². The molecule has 8 heteroatoms. The Bertz CT molecular complexity index is 539. The van der Waals surface area contributed by atoms with Crippen molar-refractivity contribution in [1.82, 2.24) is 20.1 Å². The molecule has 0 aliphatic carbocycles. The Kier molecular flexibility index (Phi) is 2.95. The first-order chi connectivity index (χ1) is 8.19. The zero-order valence-corrected chi connectivity index (χ0v) is 8.82. The van der Waals surface area contributed by atoms with E-state index in [1.807, 2.05) is 0 Å². The summed E-state index contributed by atoms with van der Waals surface area (Å²) in [5, 5.41) is 12.2. The number of nitrogens with zero attached hydrogens (tertiary/aromatic N) is 4. The van der Waals surface area contributed by atoms with E-state index in [4.69, 9.17) is 14.4 Å². The molecule has 0 fully saturated rings. The van der Waals surface area contributed by atoms with Gasteiger partial charge in [0.1, 0.15) is 18.4 Å². The number of ether oxygens (including phenoxy) is 1. The largest absolute Gasteiger partial charge is 0.481 e. The number of carboxylic acid groups (broad SMARTS) is 1. The highest BCUT2D eigenvalue weighted by Crippen LogP contribution is 2.16. The van der Waals surface area contributed by atoms with Gasteiger partial charge in [-0.05, 0) is 0 Å². The fraction of sp³-hybridized carbons (Fsp3) is 0.222. The molecule has 2 aromatic heterocycles. The van der Waals surface area contributed by atoms with Crippen molar-refractivity contribution < 1.29 is 19.2 Å². The highest BCUT2D eigenvalue weighted by atomic mass is 16.5. The summed E-state index contributed by atoms with van der Waals surface area (Å²) in [6.07, 6.45) is 0.969. The van der Waals surface area contributed by atoms with Gasteiger partial charge in [-0.25, -0.2) is 9.97 Å². The fourth-order valence-corrected chi connectivity index (χ4v) is 1.13. The van der Waals surface area contributed by atoms with Crippen LogP contribution in [0.15, 0.2) is 16.9 Å². The maximum absolute atomic E-state index is 10.4. The lowest BCUT2D eigenvalue weighted by atomic mass is 10.4. The van der Waals surface area contributed by atoms with Crippen molar-refractivity contribution in [3.05, 3.63) is 18.3 Å². The Hall–Kier alpha value is -2.51. The number of methoxy groups -OCH3 is 1. The molecule has 8 nitrogen and oxygen atoms in total. The van der Waals surface area contributed by atoms with E-state index in [1.54, 1.807) is 0 Å². The molecule has 0 aliphatic heterocycles. The van der Waals surface area contributed by atoms with Gasteiger partial charge in [0, 0.05) is 6.07 Å². The molecular formula is C9H8N4O4. The molecule has 0 bridgehead atoms. The van der Waals surface area contributed by atoms with Crippen molar-refractivity contribution in [2.24, 2.45) is 0 Å². The Morgan fingerprint density at radius 3 is 3.06 bits per heavy atom. The topological polar surface area (TPSA) is 111 Å². The number of carbonyl (C=O) groups is 1. The lowest BCUT2D eigenvalue weighted by molar-refractivity contribution is -0.136. The maximum atomic E-state index is 10.4. The van der Waals surface area contributed by atoms with Crippen LogP contribution in [0.5, 0.6) is 5.88 Å². The van der Waals surface area contributed by atoms with Gasteiger partial charge in [-0.2, -0.15) is 4.98 Å². The monoisotopic (exact) mass is 236 g/mol. The average Bonchev–Trinajstić information content (AvgIpc) is 2.77. The molecule has 0 saturated carbocycles. The van der Waals surface area contributed by atoms with E-state index < -0.39 is 5.97 Å². The summed E-state index contributed by atoms with van der Waals surface area (Å²) in [6.45, 7) is 0. The first kappa shape index (κ1) is 11.0. The Morgan fingerprint density at radius 2 is 2.35 bits per heavy atom. The van der Waals surface area contributed by atoms with Crippen LogP contribution in [0.4, 0.5) is 0 Å². The first-order valence-corrected chi connectivity index (χ1v) is 4.60. The minimum Gasteiger partial charge on any atom is -0.481 e. The Balaban J connectivity index is 2.26. The quantitative estimate of drug-likeness (QED) is 0.799. The zero-order chi connectivity index (χ0) is 12.3. The van der Waals surface area contributed by atoms with Crippen LogP contribution >= 0.6 is 0 Å². The van der Waals surface area contributed by atoms with Crippen molar-refractivity contribution in [2.75, 3.05) is 7.11 Å². The van der Waals surface area contributed by atoms with Gasteiger partial charge in [-0.1, -0.05) is 5.16 Å². The Labute approximate surface area is 95.3 Å². The summed E-state index contributed by atoms with van der Waals surface area (Å²) in [5.74, 6) is -0.466. The molecule has 2 rings (SSSR count). The summed E-state index contributed by atoms with van der Waals surface area (Å²) in [7, 11) is 1.47. The lowest BCUT2D eigenvalue weighted by Gasteiger charge is -1.97. The van der Waals surface area contributed by atoms with Gasteiger partial charge in [-0.3, -0.25) is 4.79 Å². The second kappa shape index (κ2) is 4.56. The molecule has 0 aromatic carbocycles. The van der Waals surface area contributed by atoms with Crippen LogP contribution < -0.4 is 4.74 Å². The van der Waals surface area contributed by atoms with E-state index >= 15 is 0 Å². The van der Waals surface area contributed by atoms with Gasteiger partial charge in [0.05, 0.1) is 7.11 Å². The molecule has 0 amide bonds. The van der Waals surface area contributed by atoms with E-state index in [2.05, 4.69) is 20.1 Å². The van der Waals surface area contributed by atoms with Crippen molar-refractivity contribution >= 4 is 5.97 Å². The minimum absolute atomic E-state index is 0.0186. The van der Waals surface area contributed by atoms with Gasteiger partial charge in [0.15, 0.2) is 0 Å². The number of hydrogen-bond donors (Lipinski definition) is 1. The predicted octanol–water partition coefficient (Wildman–Crippen LogP) is 0.162. The molecule has 0 radical (unpaired) electrons. The van der Waals surface area contributed by atoms with Gasteiger partial charge in [0.2, 0.25) is 17.6 Å². The predicted molar refractivity (Wildman–Crippen MR) is 53.2 cm³/mol. The number of aliphatic carboxylic acids is 1. The fourth-order valence-electron chi connectivity index (χ4n) is 1.13. The third kappa shape index (κ3) is 2.54. The van der Waals surface area contributed by atoms with Crippen molar-refractivity contribution in [3.8, 4) is 17.4 Å². The third-order valence-corrected chi connectivity index (χ3v) is 1.85. The molecule has 0 aliphatic rings. The van der Waals surface area contributed by atoms with E-state index in [-0.39, 0.29) is 18.1 Å². The average molecular weight is 236 g/mol. The number of aromatic nitrogens is 4. The van der Waals surface area contributed by atoms with E-state index in [0.717, 1.165) is 0 Å². The van der Waals surface area contributed by atoms with Crippen molar-refractivity contribution in [2.45, 2.75) is 6.42 Å². The zero-order valence-electron chi connectivity index (χ0n) is 8.82.